The lowest BCUT2D eigenvalue weighted by molar-refractivity contribution is -0.158. The van der Waals surface area contributed by atoms with E-state index in [4.69, 9.17) is 5.11 Å². The number of aliphatic carboxylic acids is 1. The lowest BCUT2D eigenvalue weighted by Crippen LogP contribution is -2.43. The fraction of sp³-hybridized carbons (Fsp3) is 0.583. The summed E-state index contributed by atoms with van der Waals surface area (Å²) < 4.78 is 0.946. The van der Waals surface area contributed by atoms with E-state index in [0.717, 1.165) is 24.7 Å². The van der Waals surface area contributed by atoms with E-state index in [0.29, 0.717) is 5.69 Å². The molecule has 0 spiro atoms. The Morgan fingerprint density at radius 3 is 2.47 bits per heavy atom. The van der Waals surface area contributed by atoms with Crippen LogP contribution in [0.4, 0.5) is 5.69 Å². The highest BCUT2D eigenvalue weighted by Gasteiger charge is 2.31. The number of carbonyl (C=O) groups is 1. The third-order valence-electron chi connectivity index (χ3n) is 2.90. The van der Waals surface area contributed by atoms with Gasteiger partial charge in [0.15, 0.2) is 5.60 Å². The number of hydrogen-bond acceptors (Lipinski definition) is 5. The minimum absolute atomic E-state index is 0.389. The molecule has 106 valence electrons. The predicted molar refractivity (Wildman–Crippen MR) is 70.3 cm³/mol. The molecule has 0 amide bonds. The molecule has 1 rings (SSSR count). The highest BCUT2D eigenvalue weighted by Crippen LogP contribution is 2.10. The van der Waals surface area contributed by atoms with Gasteiger partial charge in [-0.25, -0.2) is 9.48 Å². The molecule has 7 nitrogen and oxygen atoms in total. The Labute approximate surface area is 111 Å². The molecule has 0 aliphatic carbocycles. The Bertz CT molecular complexity index is 506. The molecule has 2 N–H and O–H groups in total. The van der Waals surface area contributed by atoms with E-state index in [1.165, 1.54) is 12.3 Å². The Kier molecular flexibility index (Phi) is 4.66. The smallest absolute Gasteiger partial charge is 0.337 e. The summed E-state index contributed by atoms with van der Waals surface area (Å²) in [6.07, 6.45) is 1.49. The van der Waals surface area contributed by atoms with Crippen molar-refractivity contribution in [1.29, 1.82) is 0 Å². The van der Waals surface area contributed by atoms with Crippen molar-refractivity contribution in [2.75, 3.05) is 18.0 Å². The second-order valence-electron chi connectivity index (χ2n) is 4.46. The number of anilines is 1. The van der Waals surface area contributed by atoms with Gasteiger partial charge in [-0.15, -0.1) is 0 Å². The van der Waals surface area contributed by atoms with Gasteiger partial charge in [-0.1, -0.05) is 0 Å². The maximum absolute atomic E-state index is 11.8. The molecule has 19 heavy (non-hydrogen) atoms. The number of carboxylic acids is 1. The van der Waals surface area contributed by atoms with E-state index >= 15 is 0 Å². The normalized spacial score (nSPS) is 13.9. The average molecular weight is 269 g/mol. The van der Waals surface area contributed by atoms with Crippen LogP contribution in [0.1, 0.15) is 20.8 Å². The molecule has 0 aliphatic rings. The van der Waals surface area contributed by atoms with E-state index in [9.17, 15) is 14.7 Å². The van der Waals surface area contributed by atoms with E-state index < -0.39 is 17.1 Å². The molecule has 1 aromatic heterocycles. The van der Waals surface area contributed by atoms with Crippen LogP contribution >= 0.6 is 0 Å². The van der Waals surface area contributed by atoms with Crippen LogP contribution in [0.25, 0.3) is 0 Å². The van der Waals surface area contributed by atoms with Crippen molar-refractivity contribution < 1.29 is 15.0 Å². The Hall–Kier alpha value is -1.89. The zero-order valence-corrected chi connectivity index (χ0v) is 11.3. The van der Waals surface area contributed by atoms with Crippen molar-refractivity contribution in [3.63, 3.8) is 0 Å². The molecule has 0 saturated heterocycles. The summed E-state index contributed by atoms with van der Waals surface area (Å²) in [6.45, 7) is 6.15. The minimum Gasteiger partial charge on any atom is -0.479 e. The molecular formula is C12H19N3O4. The van der Waals surface area contributed by atoms with Gasteiger partial charge in [0.05, 0.1) is 18.4 Å². The second-order valence-corrected chi connectivity index (χ2v) is 4.46. The molecule has 7 heteroatoms. The SMILES string of the molecule is CCN(CC)c1cnn(CC(C)(O)C(=O)O)c(=O)c1. The highest BCUT2D eigenvalue weighted by molar-refractivity contribution is 5.76. The van der Waals surface area contributed by atoms with Gasteiger partial charge in [-0.2, -0.15) is 5.10 Å². The van der Waals surface area contributed by atoms with Crippen LogP contribution in [0.3, 0.4) is 0 Å². The van der Waals surface area contributed by atoms with E-state index in [-0.39, 0.29) is 6.54 Å². The number of nitrogens with zero attached hydrogens (tertiary/aromatic N) is 3. The summed E-state index contributed by atoms with van der Waals surface area (Å²) >= 11 is 0. The standard InChI is InChI=1S/C12H19N3O4/c1-4-14(5-2)9-6-10(16)15(13-7-9)8-12(3,19)11(17)18/h6-7,19H,4-5,8H2,1-3H3,(H,17,18). The van der Waals surface area contributed by atoms with Crippen LogP contribution in [0.15, 0.2) is 17.1 Å². The lowest BCUT2D eigenvalue weighted by atomic mass is 10.1. The molecule has 0 radical (unpaired) electrons. The van der Waals surface area contributed by atoms with Crippen LogP contribution in [0, 0.1) is 0 Å². The predicted octanol–water partition coefficient (Wildman–Crippen LogP) is -0.0749. The monoisotopic (exact) mass is 269 g/mol. The maximum Gasteiger partial charge on any atom is 0.337 e. The van der Waals surface area contributed by atoms with Crippen molar-refractivity contribution in [3.8, 4) is 0 Å². The fourth-order valence-electron chi connectivity index (χ4n) is 1.66. The van der Waals surface area contributed by atoms with Crippen molar-refractivity contribution >= 4 is 11.7 Å². The third-order valence-corrected chi connectivity index (χ3v) is 2.90. The van der Waals surface area contributed by atoms with Gasteiger partial charge >= 0.3 is 5.97 Å². The fourth-order valence-corrected chi connectivity index (χ4v) is 1.66. The summed E-state index contributed by atoms with van der Waals surface area (Å²) in [5.41, 5.74) is -1.78. The summed E-state index contributed by atoms with van der Waals surface area (Å²) in [5, 5.41) is 22.3. The van der Waals surface area contributed by atoms with Crippen LogP contribution in [0.2, 0.25) is 0 Å². The molecule has 1 atom stereocenters. The van der Waals surface area contributed by atoms with Crippen molar-refractivity contribution in [2.24, 2.45) is 0 Å². The molecule has 1 unspecified atom stereocenters. The first-order valence-corrected chi connectivity index (χ1v) is 6.09. The molecule has 1 aromatic rings. The van der Waals surface area contributed by atoms with Crippen LogP contribution in [-0.4, -0.2) is 44.7 Å². The second kappa shape index (κ2) is 5.83. The number of carboxylic acid groups (broad SMARTS) is 1. The molecule has 0 aliphatic heterocycles. The third kappa shape index (κ3) is 3.54. The Morgan fingerprint density at radius 1 is 1.47 bits per heavy atom. The van der Waals surface area contributed by atoms with Crippen LogP contribution < -0.4 is 10.5 Å². The average Bonchev–Trinajstić information content (AvgIpc) is 2.33. The summed E-state index contributed by atoms with van der Waals surface area (Å²) in [7, 11) is 0. The molecule has 0 saturated carbocycles. The quantitative estimate of drug-likeness (QED) is 0.750. The van der Waals surface area contributed by atoms with Gasteiger partial charge < -0.3 is 15.1 Å². The zero-order valence-electron chi connectivity index (χ0n) is 11.3. The first kappa shape index (κ1) is 15.2. The van der Waals surface area contributed by atoms with Gasteiger partial charge in [0.2, 0.25) is 0 Å². The summed E-state index contributed by atoms with van der Waals surface area (Å²) in [4.78, 5) is 24.6. The number of rotatable bonds is 6. The highest BCUT2D eigenvalue weighted by atomic mass is 16.4. The zero-order chi connectivity index (χ0) is 14.6. The van der Waals surface area contributed by atoms with Gasteiger partial charge in [0.25, 0.3) is 5.56 Å². The lowest BCUT2D eigenvalue weighted by Gasteiger charge is -2.22. The first-order valence-electron chi connectivity index (χ1n) is 6.09. The molecule has 1 heterocycles. The molecular weight excluding hydrogens is 250 g/mol. The van der Waals surface area contributed by atoms with Gasteiger partial charge in [0.1, 0.15) is 0 Å². The Morgan fingerprint density at radius 2 is 2.05 bits per heavy atom. The summed E-state index contributed by atoms with van der Waals surface area (Å²) in [6, 6.07) is 1.39. The largest absolute Gasteiger partial charge is 0.479 e. The maximum atomic E-state index is 11.8. The minimum atomic E-state index is -2.02. The number of hydrogen-bond donors (Lipinski definition) is 2. The number of aliphatic hydroxyl groups is 1. The van der Waals surface area contributed by atoms with E-state index in [1.54, 1.807) is 0 Å². The van der Waals surface area contributed by atoms with Crippen LogP contribution in [-0.2, 0) is 11.3 Å². The van der Waals surface area contributed by atoms with Crippen molar-refractivity contribution in [1.82, 2.24) is 9.78 Å². The van der Waals surface area contributed by atoms with E-state index in [1.807, 2.05) is 18.7 Å². The molecule has 0 bridgehead atoms. The van der Waals surface area contributed by atoms with Crippen molar-refractivity contribution in [2.45, 2.75) is 32.9 Å². The Balaban J connectivity index is 3.02. The molecule has 0 fully saturated rings. The first-order chi connectivity index (χ1) is 8.81. The summed E-state index contributed by atoms with van der Waals surface area (Å²) in [5.74, 6) is -1.39. The van der Waals surface area contributed by atoms with Crippen LogP contribution in [0.5, 0.6) is 0 Å². The molecule has 0 aromatic carbocycles. The van der Waals surface area contributed by atoms with Gasteiger partial charge in [-0.3, -0.25) is 4.79 Å². The number of aromatic nitrogens is 2. The topological polar surface area (TPSA) is 95.7 Å². The van der Waals surface area contributed by atoms with Crippen molar-refractivity contribution in [3.05, 3.63) is 22.6 Å². The van der Waals surface area contributed by atoms with Gasteiger partial charge in [0, 0.05) is 19.2 Å². The van der Waals surface area contributed by atoms with Gasteiger partial charge in [-0.05, 0) is 20.8 Å². The van der Waals surface area contributed by atoms with E-state index in [2.05, 4.69) is 5.10 Å².